The molecule has 0 spiro atoms. The minimum absolute atomic E-state index is 0.0300. The van der Waals surface area contributed by atoms with Crippen molar-refractivity contribution < 1.29 is 14.0 Å². The van der Waals surface area contributed by atoms with Crippen LogP contribution in [0, 0.1) is 17.1 Å². The highest BCUT2D eigenvalue weighted by atomic mass is 19.1. The van der Waals surface area contributed by atoms with Crippen LogP contribution in [0.25, 0.3) is 11.5 Å². The molecule has 1 aromatic heterocycles. The van der Waals surface area contributed by atoms with Gasteiger partial charge in [0.1, 0.15) is 23.3 Å². The summed E-state index contributed by atoms with van der Waals surface area (Å²) < 4.78 is 28.7. The first-order valence-electron chi connectivity index (χ1n) is 5.71. The Bertz CT molecular complexity index is 760. The molecule has 2 heterocycles. The van der Waals surface area contributed by atoms with Gasteiger partial charge in [-0.1, -0.05) is 6.07 Å². The number of benzene rings is 1. The molecule has 0 fully saturated rings. The summed E-state index contributed by atoms with van der Waals surface area (Å²) in [5, 5.41) is 23.0. The van der Waals surface area contributed by atoms with Crippen molar-refractivity contribution in [3.05, 3.63) is 53.2 Å². The molecule has 0 atom stereocenters. The monoisotopic (exact) mass is 274 g/mol. The zero-order valence-electron chi connectivity index (χ0n) is 10.1. The molecule has 100 valence electrons. The third-order valence-corrected chi connectivity index (χ3v) is 2.95. The molecule has 1 N–H and O–H groups in total. The molecule has 0 bridgehead atoms. The lowest BCUT2D eigenvalue weighted by atomic mass is 10.2. The molecule has 0 saturated carbocycles. The molecule has 0 aliphatic carbocycles. The van der Waals surface area contributed by atoms with E-state index in [0.29, 0.717) is 10.6 Å². The van der Waals surface area contributed by atoms with E-state index in [9.17, 15) is 14.0 Å². The summed E-state index contributed by atoms with van der Waals surface area (Å²) in [6.07, 6.45) is 2.29. The first-order chi connectivity index (χ1) is 9.60. The number of hydroxylamine groups is 2. The zero-order chi connectivity index (χ0) is 14.3. The number of aromatic nitrogens is 2. The second-order valence-electron chi connectivity index (χ2n) is 4.27. The number of nitriles is 1. The van der Waals surface area contributed by atoms with Crippen molar-refractivity contribution in [2.45, 2.75) is 6.54 Å². The van der Waals surface area contributed by atoms with Gasteiger partial charge in [-0.2, -0.15) is 10.4 Å². The summed E-state index contributed by atoms with van der Waals surface area (Å²) in [6.45, 7) is 0.0408. The predicted octanol–water partition coefficient (Wildman–Crippen LogP) is 2.36. The Balaban J connectivity index is 2.18. The largest absolute Gasteiger partial charge is 0.289 e. The average Bonchev–Trinajstić information content (AvgIpc) is 2.81. The Morgan fingerprint density at radius 3 is 2.90 bits per heavy atom. The van der Waals surface area contributed by atoms with Crippen LogP contribution >= 0.6 is 0 Å². The first-order valence-corrected chi connectivity index (χ1v) is 5.71. The highest BCUT2D eigenvalue weighted by Gasteiger charge is 2.22. The number of hydrogen-bond donors (Lipinski definition) is 1. The van der Waals surface area contributed by atoms with Gasteiger partial charge in [0, 0.05) is 11.8 Å². The number of nitrogens with zero attached hydrogens (tertiary/aromatic N) is 4. The van der Waals surface area contributed by atoms with E-state index >= 15 is 0 Å². The molecular weight excluding hydrogens is 266 g/mol. The summed E-state index contributed by atoms with van der Waals surface area (Å²) in [5.74, 6) is -1.35. The first kappa shape index (κ1) is 12.3. The van der Waals surface area contributed by atoms with Crippen molar-refractivity contribution in [1.29, 1.82) is 5.26 Å². The number of para-hydroxylation sites is 1. The number of rotatable bonds is 1. The molecule has 1 aliphatic heterocycles. The van der Waals surface area contributed by atoms with Gasteiger partial charge >= 0.3 is 0 Å². The van der Waals surface area contributed by atoms with E-state index in [-0.39, 0.29) is 23.5 Å². The van der Waals surface area contributed by atoms with Gasteiger partial charge in [-0.05, 0) is 12.1 Å². The van der Waals surface area contributed by atoms with Crippen molar-refractivity contribution >= 4 is 5.83 Å². The van der Waals surface area contributed by atoms with E-state index < -0.39 is 11.6 Å². The van der Waals surface area contributed by atoms with Crippen molar-refractivity contribution in [3.63, 3.8) is 0 Å². The van der Waals surface area contributed by atoms with Gasteiger partial charge in [0.2, 0.25) is 0 Å². The van der Waals surface area contributed by atoms with E-state index in [1.54, 1.807) is 0 Å². The molecule has 5 nitrogen and oxygen atoms in total. The number of halogens is 2. The molecule has 1 aromatic carbocycles. The van der Waals surface area contributed by atoms with Gasteiger partial charge in [0.15, 0.2) is 5.83 Å². The Morgan fingerprint density at radius 2 is 2.15 bits per heavy atom. The van der Waals surface area contributed by atoms with Gasteiger partial charge < -0.3 is 0 Å². The van der Waals surface area contributed by atoms with Crippen LogP contribution in [0.5, 0.6) is 0 Å². The molecule has 3 rings (SSSR count). The minimum Gasteiger partial charge on any atom is -0.289 e. The molecule has 7 heteroatoms. The summed E-state index contributed by atoms with van der Waals surface area (Å²) in [4.78, 5) is 0. The van der Waals surface area contributed by atoms with Gasteiger partial charge in [-0.25, -0.2) is 13.5 Å². The molecule has 20 heavy (non-hydrogen) atoms. The highest BCUT2D eigenvalue weighted by Crippen LogP contribution is 2.27. The normalized spacial score (nSPS) is 13.7. The van der Waals surface area contributed by atoms with Crippen LogP contribution in [0.4, 0.5) is 8.78 Å². The third-order valence-electron chi connectivity index (χ3n) is 2.95. The molecule has 1 aliphatic rings. The van der Waals surface area contributed by atoms with E-state index in [4.69, 9.17) is 5.26 Å². The summed E-state index contributed by atoms with van der Waals surface area (Å²) in [6, 6.07) is 5.92. The topological polar surface area (TPSA) is 65.1 Å². The molecule has 0 radical (unpaired) electrons. The second-order valence-corrected chi connectivity index (χ2v) is 4.27. The lowest BCUT2D eigenvalue weighted by Gasteiger charge is -2.15. The third kappa shape index (κ3) is 1.83. The minimum atomic E-state index is -0.720. The fourth-order valence-corrected chi connectivity index (χ4v) is 2.09. The van der Waals surface area contributed by atoms with Gasteiger partial charge in [0.05, 0.1) is 18.3 Å². The van der Waals surface area contributed by atoms with Crippen molar-refractivity contribution in [1.82, 2.24) is 14.8 Å². The van der Waals surface area contributed by atoms with E-state index in [1.165, 1.54) is 24.4 Å². The smallest absolute Gasteiger partial charge is 0.169 e. The number of fused-ring (bicyclic) bond motifs is 1. The van der Waals surface area contributed by atoms with Crippen molar-refractivity contribution in [2.75, 3.05) is 0 Å². The van der Waals surface area contributed by atoms with Crippen LogP contribution in [0.2, 0.25) is 0 Å². The van der Waals surface area contributed by atoms with Gasteiger partial charge in [-0.3, -0.25) is 10.3 Å². The second kappa shape index (κ2) is 4.43. The average molecular weight is 274 g/mol. The molecule has 0 saturated heterocycles. The van der Waals surface area contributed by atoms with E-state index in [0.717, 1.165) is 10.9 Å². The lowest BCUT2D eigenvalue weighted by molar-refractivity contribution is -0.0509. The summed E-state index contributed by atoms with van der Waals surface area (Å²) >= 11 is 0. The Labute approximate surface area is 112 Å². The fourth-order valence-electron chi connectivity index (χ4n) is 2.09. The Morgan fingerprint density at radius 1 is 1.35 bits per heavy atom. The van der Waals surface area contributed by atoms with Crippen LogP contribution in [0.15, 0.2) is 30.6 Å². The predicted molar refractivity (Wildman–Crippen MR) is 64.7 cm³/mol. The SMILES string of the molecule is N#Cc1cccc(F)c1-n1cc2c(n1)C(F)=CN(O)C2. The summed E-state index contributed by atoms with van der Waals surface area (Å²) in [7, 11) is 0. The van der Waals surface area contributed by atoms with Gasteiger partial charge in [-0.15, -0.1) is 0 Å². The summed E-state index contributed by atoms with van der Waals surface area (Å²) in [5.41, 5.74) is 0.485. The maximum absolute atomic E-state index is 13.9. The maximum atomic E-state index is 13.9. The van der Waals surface area contributed by atoms with Crippen molar-refractivity contribution in [2.24, 2.45) is 0 Å². The van der Waals surface area contributed by atoms with E-state index in [1.807, 2.05) is 6.07 Å². The Kier molecular flexibility index (Phi) is 2.73. The van der Waals surface area contributed by atoms with Crippen LogP contribution in [-0.2, 0) is 6.54 Å². The molecule has 2 aromatic rings. The zero-order valence-corrected chi connectivity index (χ0v) is 10.1. The molecular formula is C13H8F2N4O. The van der Waals surface area contributed by atoms with Crippen LogP contribution < -0.4 is 0 Å². The van der Waals surface area contributed by atoms with Crippen LogP contribution in [-0.4, -0.2) is 20.1 Å². The number of hydrogen-bond acceptors (Lipinski definition) is 4. The van der Waals surface area contributed by atoms with Gasteiger partial charge in [0.25, 0.3) is 0 Å². The Hall–Kier alpha value is -2.72. The quantitative estimate of drug-likeness (QED) is 0.867. The van der Waals surface area contributed by atoms with Crippen LogP contribution in [0.3, 0.4) is 0 Å². The highest BCUT2D eigenvalue weighted by molar-refractivity contribution is 5.61. The van der Waals surface area contributed by atoms with Crippen LogP contribution in [0.1, 0.15) is 16.8 Å². The standard InChI is InChI=1S/C13H8F2N4O/c14-10-3-1-2-8(4-16)13(10)19-6-9-5-18(20)7-11(15)12(9)17-19/h1-3,6-7,20H,5H2. The fraction of sp³-hybridized carbons (Fsp3) is 0.0769. The molecule has 0 unspecified atom stereocenters. The van der Waals surface area contributed by atoms with E-state index in [2.05, 4.69) is 5.10 Å². The maximum Gasteiger partial charge on any atom is 0.169 e. The lowest BCUT2D eigenvalue weighted by Crippen LogP contribution is -2.15. The molecule has 0 amide bonds. The van der Waals surface area contributed by atoms with Crippen molar-refractivity contribution in [3.8, 4) is 11.8 Å².